The number of nitrogens with one attached hydrogen (secondary N) is 3. The number of hydrazine groups is 1. The van der Waals surface area contributed by atoms with E-state index in [1.54, 1.807) is 0 Å². The summed E-state index contributed by atoms with van der Waals surface area (Å²) < 4.78 is 0. The van der Waals surface area contributed by atoms with Crippen molar-refractivity contribution in [3.8, 4) is 0 Å². The number of hydrogen-bond acceptors (Lipinski definition) is 4. The minimum Gasteiger partial charge on any atom is -0.358 e. The first kappa shape index (κ1) is 19.4. The van der Waals surface area contributed by atoms with Crippen molar-refractivity contribution in [3.05, 3.63) is 38.9 Å². The third-order valence-corrected chi connectivity index (χ3v) is 5.17. The van der Waals surface area contributed by atoms with Crippen LogP contribution in [0.4, 0.5) is 5.69 Å². The largest absolute Gasteiger partial charge is 0.358 e. The number of nitrogens with zero attached hydrogens (tertiary/aromatic N) is 1. The Hall–Kier alpha value is -1.93. The molecule has 7 nitrogen and oxygen atoms in total. The molecule has 3 atom stereocenters. The molecule has 0 bridgehead atoms. The number of carbonyl (C=O) groups excluding carboxylic acids is 1. The zero-order chi connectivity index (χ0) is 18.6. The molecular weight excluding hydrogens is 364 g/mol. The van der Waals surface area contributed by atoms with Crippen molar-refractivity contribution in [2.45, 2.75) is 39.2 Å². The van der Waals surface area contributed by atoms with Crippen molar-refractivity contribution < 1.29 is 9.72 Å². The fraction of sp³-hybridized carbons (Fsp3) is 0.500. The Morgan fingerprint density at radius 3 is 2.72 bits per heavy atom. The molecule has 1 saturated carbocycles. The van der Waals surface area contributed by atoms with Gasteiger partial charge in [0.25, 0.3) is 11.6 Å². The highest BCUT2D eigenvalue weighted by molar-refractivity contribution is 7.80. The van der Waals surface area contributed by atoms with Crippen LogP contribution in [0.3, 0.4) is 0 Å². The van der Waals surface area contributed by atoms with Crippen molar-refractivity contribution in [2.75, 3.05) is 0 Å². The Balaban J connectivity index is 1.94. The first-order chi connectivity index (χ1) is 11.8. The van der Waals surface area contributed by atoms with Crippen molar-refractivity contribution >= 4 is 40.5 Å². The quantitative estimate of drug-likeness (QED) is 0.420. The summed E-state index contributed by atoms with van der Waals surface area (Å²) in [6, 6.07) is 4.10. The van der Waals surface area contributed by atoms with Crippen LogP contribution in [0.25, 0.3) is 0 Å². The molecule has 1 aromatic rings. The zero-order valence-corrected chi connectivity index (χ0v) is 15.6. The Kier molecular flexibility index (Phi) is 6.55. The molecule has 3 N–H and O–H groups in total. The van der Waals surface area contributed by atoms with Gasteiger partial charge in [-0.15, -0.1) is 0 Å². The summed E-state index contributed by atoms with van der Waals surface area (Å²) >= 11 is 11.0. The molecule has 1 aromatic carbocycles. The third kappa shape index (κ3) is 5.02. The maximum atomic E-state index is 12.2. The third-order valence-electron chi connectivity index (χ3n) is 4.71. The molecule has 25 heavy (non-hydrogen) atoms. The van der Waals surface area contributed by atoms with Gasteiger partial charge in [0.15, 0.2) is 5.11 Å². The summed E-state index contributed by atoms with van der Waals surface area (Å²) in [6.07, 6.45) is 3.36. The van der Waals surface area contributed by atoms with Gasteiger partial charge in [0.2, 0.25) is 0 Å². The summed E-state index contributed by atoms with van der Waals surface area (Å²) in [4.78, 5) is 22.6. The van der Waals surface area contributed by atoms with Crippen molar-refractivity contribution in [2.24, 2.45) is 11.8 Å². The fourth-order valence-electron chi connectivity index (χ4n) is 3.02. The van der Waals surface area contributed by atoms with E-state index in [1.165, 1.54) is 18.6 Å². The highest BCUT2D eigenvalue weighted by Crippen LogP contribution is 2.29. The standard InChI is InChI=1S/C16H21ClN4O3S/c1-9-4-3-5-13(10(9)2)18-16(25)20-19-15(22)12-7-6-11(17)8-14(12)21(23)24/h6-10,13H,3-5H2,1-2H3,(H,19,22)(H2,18,20,25)/t9-,10-,13+/m1/s1. The molecule has 0 aliphatic heterocycles. The van der Waals surface area contributed by atoms with Gasteiger partial charge >= 0.3 is 0 Å². The molecule has 1 amide bonds. The number of hydrogen-bond donors (Lipinski definition) is 3. The van der Waals surface area contributed by atoms with Crippen LogP contribution in [0.15, 0.2) is 18.2 Å². The van der Waals surface area contributed by atoms with Crippen LogP contribution >= 0.6 is 23.8 Å². The average Bonchev–Trinajstić information content (AvgIpc) is 2.56. The molecule has 1 fully saturated rings. The van der Waals surface area contributed by atoms with E-state index in [4.69, 9.17) is 23.8 Å². The van der Waals surface area contributed by atoms with Crippen LogP contribution in [-0.4, -0.2) is 22.0 Å². The van der Waals surface area contributed by atoms with Crippen LogP contribution in [0, 0.1) is 22.0 Å². The van der Waals surface area contributed by atoms with Crippen LogP contribution in [0.1, 0.15) is 43.5 Å². The second kappa shape index (κ2) is 8.44. The summed E-state index contributed by atoms with van der Waals surface area (Å²) in [6.45, 7) is 4.40. The number of halogens is 1. The molecule has 9 heteroatoms. The smallest absolute Gasteiger partial charge is 0.283 e. The monoisotopic (exact) mass is 384 g/mol. The van der Waals surface area contributed by atoms with Gasteiger partial charge in [0.1, 0.15) is 5.56 Å². The Bertz CT molecular complexity index is 685. The van der Waals surface area contributed by atoms with Gasteiger partial charge in [0.05, 0.1) is 4.92 Å². The molecule has 0 saturated heterocycles. The predicted molar refractivity (Wildman–Crippen MR) is 100 cm³/mol. The Labute approximate surface area is 156 Å². The van der Waals surface area contributed by atoms with E-state index in [1.807, 2.05) is 0 Å². The number of nitro benzene ring substituents is 1. The van der Waals surface area contributed by atoms with Gasteiger partial charge in [-0.2, -0.15) is 0 Å². The van der Waals surface area contributed by atoms with Crippen molar-refractivity contribution in [3.63, 3.8) is 0 Å². The van der Waals surface area contributed by atoms with E-state index < -0.39 is 10.8 Å². The van der Waals surface area contributed by atoms with E-state index >= 15 is 0 Å². The number of carbonyl (C=O) groups is 1. The van der Waals surface area contributed by atoms with Crippen LogP contribution in [0.5, 0.6) is 0 Å². The lowest BCUT2D eigenvalue weighted by molar-refractivity contribution is -0.385. The van der Waals surface area contributed by atoms with Gasteiger partial charge in [-0.3, -0.25) is 25.8 Å². The normalized spacial score (nSPS) is 22.8. The lowest BCUT2D eigenvalue weighted by atomic mass is 9.78. The van der Waals surface area contributed by atoms with Crippen LogP contribution in [0.2, 0.25) is 5.02 Å². The average molecular weight is 385 g/mol. The highest BCUT2D eigenvalue weighted by atomic mass is 35.5. The molecule has 1 aliphatic rings. The van der Waals surface area contributed by atoms with Crippen LogP contribution < -0.4 is 16.2 Å². The van der Waals surface area contributed by atoms with E-state index in [-0.39, 0.29) is 27.4 Å². The molecular formula is C16H21ClN4O3S. The second-order valence-corrected chi connectivity index (χ2v) is 7.19. The minimum absolute atomic E-state index is 0.0932. The molecule has 0 heterocycles. The summed E-state index contributed by atoms with van der Waals surface area (Å²) in [5.41, 5.74) is 4.54. The fourth-order valence-corrected chi connectivity index (χ4v) is 3.39. The van der Waals surface area contributed by atoms with E-state index in [0.717, 1.165) is 18.9 Å². The van der Waals surface area contributed by atoms with Gasteiger partial charge in [-0.1, -0.05) is 38.3 Å². The van der Waals surface area contributed by atoms with Gasteiger partial charge in [-0.05, 0) is 42.6 Å². The molecule has 1 aliphatic carbocycles. The number of nitro groups is 1. The summed E-state index contributed by atoms with van der Waals surface area (Å²) in [5.74, 6) is 0.430. The lowest BCUT2D eigenvalue weighted by Gasteiger charge is -2.35. The predicted octanol–water partition coefficient (Wildman–Crippen LogP) is 3.18. The summed E-state index contributed by atoms with van der Waals surface area (Å²) in [5, 5.41) is 14.7. The van der Waals surface area contributed by atoms with Crippen molar-refractivity contribution in [1.29, 1.82) is 0 Å². The maximum Gasteiger partial charge on any atom is 0.283 e. The maximum absolute atomic E-state index is 12.2. The Morgan fingerprint density at radius 2 is 2.04 bits per heavy atom. The van der Waals surface area contributed by atoms with Gasteiger partial charge in [-0.25, -0.2) is 0 Å². The second-order valence-electron chi connectivity index (χ2n) is 6.34. The highest BCUT2D eigenvalue weighted by Gasteiger charge is 2.27. The first-order valence-corrected chi connectivity index (χ1v) is 8.89. The van der Waals surface area contributed by atoms with Gasteiger partial charge in [0, 0.05) is 17.1 Å². The van der Waals surface area contributed by atoms with E-state index in [2.05, 4.69) is 30.0 Å². The summed E-state index contributed by atoms with van der Waals surface area (Å²) in [7, 11) is 0. The number of rotatable bonds is 3. The molecule has 136 valence electrons. The number of benzene rings is 1. The van der Waals surface area contributed by atoms with E-state index in [0.29, 0.717) is 11.8 Å². The molecule has 0 radical (unpaired) electrons. The molecule has 0 aromatic heterocycles. The SMILES string of the molecule is C[C@@H]1[C@H](C)CCC[C@@H]1NC(=S)NNC(=O)c1ccc(Cl)cc1[N+](=O)[O-]. The van der Waals surface area contributed by atoms with Crippen molar-refractivity contribution in [1.82, 2.24) is 16.2 Å². The minimum atomic E-state index is -0.655. The topological polar surface area (TPSA) is 96.3 Å². The van der Waals surface area contributed by atoms with Crippen LogP contribution in [-0.2, 0) is 0 Å². The van der Waals surface area contributed by atoms with Gasteiger partial charge < -0.3 is 5.32 Å². The first-order valence-electron chi connectivity index (χ1n) is 8.10. The zero-order valence-electron chi connectivity index (χ0n) is 14.0. The number of amides is 1. The molecule has 0 spiro atoms. The number of thiocarbonyl (C=S) groups is 1. The lowest BCUT2D eigenvalue weighted by Crippen LogP contribution is -2.52. The molecule has 2 rings (SSSR count). The molecule has 0 unspecified atom stereocenters. The van der Waals surface area contributed by atoms with E-state index in [9.17, 15) is 14.9 Å². The Morgan fingerprint density at radius 1 is 1.32 bits per heavy atom.